The van der Waals surface area contributed by atoms with E-state index in [1.54, 1.807) is 12.1 Å². The molecular weight excluding hydrogens is 312 g/mol. The van der Waals surface area contributed by atoms with Gasteiger partial charge in [-0.15, -0.1) is 0 Å². The second-order valence-corrected chi connectivity index (χ2v) is 7.98. The van der Waals surface area contributed by atoms with Crippen LogP contribution in [-0.2, 0) is 10.0 Å². The lowest BCUT2D eigenvalue weighted by Crippen LogP contribution is -2.36. The average molecular weight is 338 g/mol. The third-order valence-corrected chi connectivity index (χ3v) is 5.94. The van der Waals surface area contributed by atoms with Crippen molar-refractivity contribution in [3.8, 4) is 0 Å². The van der Waals surface area contributed by atoms with Crippen LogP contribution >= 0.6 is 0 Å². The lowest BCUT2D eigenvalue weighted by molar-refractivity contribution is 0.0927. The van der Waals surface area contributed by atoms with Crippen LogP contribution in [-0.4, -0.2) is 26.4 Å². The second-order valence-electron chi connectivity index (χ2n) is 6.26. The molecule has 128 valence electrons. The maximum Gasteiger partial charge on any atom is 0.251 e. The molecule has 0 heterocycles. The third kappa shape index (κ3) is 5.04. The monoisotopic (exact) mass is 338 g/mol. The summed E-state index contributed by atoms with van der Waals surface area (Å²) in [6, 6.07) is 6.24. The molecule has 0 aromatic heterocycles. The molecule has 0 saturated heterocycles. The molecule has 0 spiro atoms. The van der Waals surface area contributed by atoms with Crippen molar-refractivity contribution in [3.05, 3.63) is 29.8 Å². The molecule has 1 aromatic rings. The van der Waals surface area contributed by atoms with E-state index in [1.807, 2.05) is 13.8 Å². The lowest BCUT2D eigenvalue weighted by atomic mass is 9.95. The van der Waals surface area contributed by atoms with Crippen molar-refractivity contribution < 1.29 is 13.2 Å². The Balaban J connectivity index is 2.02. The average Bonchev–Trinajstić information content (AvgIpc) is 2.55. The fourth-order valence-corrected chi connectivity index (χ4v) is 4.04. The van der Waals surface area contributed by atoms with Gasteiger partial charge in [0.2, 0.25) is 10.0 Å². The molecule has 1 fully saturated rings. The number of hydrogen-bond donors (Lipinski definition) is 2. The zero-order valence-corrected chi connectivity index (χ0v) is 14.7. The van der Waals surface area contributed by atoms with Gasteiger partial charge < -0.3 is 5.32 Å². The van der Waals surface area contributed by atoms with Crippen molar-refractivity contribution in [2.24, 2.45) is 0 Å². The number of rotatable bonds is 6. The fourth-order valence-electron chi connectivity index (χ4n) is 2.72. The maximum absolute atomic E-state index is 12.2. The molecule has 1 aromatic carbocycles. The topological polar surface area (TPSA) is 75.3 Å². The molecule has 1 aliphatic carbocycles. The van der Waals surface area contributed by atoms with Gasteiger partial charge >= 0.3 is 0 Å². The molecule has 1 atom stereocenters. The highest BCUT2D eigenvalue weighted by atomic mass is 32.2. The van der Waals surface area contributed by atoms with E-state index in [1.165, 1.54) is 18.6 Å². The van der Waals surface area contributed by atoms with E-state index in [4.69, 9.17) is 0 Å². The highest BCUT2D eigenvalue weighted by molar-refractivity contribution is 7.89. The molecular formula is C17H26N2O3S. The van der Waals surface area contributed by atoms with Gasteiger partial charge in [0.1, 0.15) is 0 Å². The summed E-state index contributed by atoms with van der Waals surface area (Å²) in [7, 11) is -3.52. The fraction of sp³-hybridized carbons (Fsp3) is 0.588. The molecule has 0 aliphatic heterocycles. The Bertz CT molecular complexity index is 620. The van der Waals surface area contributed by atoms with Gasteiger partial charge in [0.15, 0.2) is 0 Å². The summed E-state index contributed by atoms with van der Waals surface area (Å²) in [5.41, 5.74) is 0.498. The zero-order valence-electron chi connectivity index (χ0n) is 13.8. The van der Waals surface area contributed by atoms with Crippen LogP contribution < -0.4 is 10.0 Å². The van der Waals surface area contributed by atoms with Crippen LogP contribution in [0.3, 0.4) is 0 Å². The van der Waals surface area contributed by atoms with Gasteiger partial charge in [-0.25, -0.2) is 13.1 Å². The molecule has 1 amide bonds. The van der Waals surface area contributed by atoms with E-state index >= 15 is 0 Å². The molecule has 6 heteroatoms. The van der Waals surface area contributed by atoms with E-state index in [0.717, 1.165) is 32.1 Å². The van der Waals surface area contributed by atoms with E-state index in [0.29, 0.717) is 5.56 Å². The van der Waals surface area contributed by atoms with Gasteiger partial charge in [-0.05, 0) is 50.5 Å². The highest BCUT2D eigenvalue weighted by Crippen LogP contribution is 2.18. The Hall–Kier alpha value is -1.40. The van der Waals surface area contributed by atoms with Crippen molar-refractivity contribution >= 4 is 15.9 Å². The summed E-state index contributed by atoms with van der Waals surface area (Å²) in [6.45, 7) is 3.75. The van der Waals surface area contributed by atoms with Crippen LogP contribution in [0.1, 0.15) is 62.7 Å². The minimum Gasteiger partial charge on any atom is -0.349 e. The van der Waals surface area contributed by atoms with Crippen molar-refractivity contribution in [1.29, 1.82) is 0 Å². The SMILES string of the molecule is CCC(C)NS(=O)(=O)c1ccc(C(=O)NC2CCCCC2)cc1. The minimum absolute atomic E-state index is 0.116. The summed E-state index contributed by atoms with van der Waals surface area (Å²) >= 11 is 0. The van der Waals surface area contributed by atoms with Crippen molar-refractivity contribution in [3.63, 3.8) is 0 Å². The maximum atomic E-state index is 12.2. The molecule has 23 heavy (non-hydrogen) atoms. The Morgan fingerprint density at radius 3 is 2.35 bits per heavy atom. The first-order valence-corrected chi connectivity index (χ1v) is 9.84. The lowest BCUT2D eigenvalue weighted by Gasteiger charge is -2.22. The summed E-state index contributed by atoms with van der Waals surface area (Å²) in [4.78, 5) is 12.4. The second kappa shape index (κ2) is 7.93. The number of carbonyl (C=O) groups is 1. The molecule has 0 bridgehead atoms. The predicted molar refractivity (Wildman–Crippen MR) is 90.9 cm³/mol. The Morgan fingerprint density at radius 2 is 1.78 bits per heavy atom. The normalized spacial score (nSPS) is 17.7. The quantitative estimate of drug-likeness (QED) is 0.837. The Labute approximate surface area is 138 Å². The number of benzene rings is 1. The summed E-state index contributed by atoms with van der Waals surface area (Å²) in [6.07, 6.45) is 6.32. The van der Waals surface area contributed by atoms with Crippen molar-refractivity contribution in [1.82, 2.24) is 10.0 Å². The first-order chi connectivity index (χ1) is 10.9. The largest absolute Gasteiger partial charge is 0.349 e. The van der Waals surface area contributed by atoms with E-state index in [2.05, 4.69) is 10.0 Å². The summed E-state index contributed by atoms with van der Waals surface area (Å²) in [5, 5.41) is 3.03. The van der Waals surface area contributed by atoms with Crippen LogP contribution in [0, 0.1) is 0 Å². The number of hydrogen-bond acceptors (Lipinski definition) is 3. The van der Waals surface area contributed by atoms with Crippen molar-refractivity contribution in [2.45, 2.75) is 69.4 Å². The number of carbonyl (C=O) groups excluding carboxylic acids is 1. The van der Waals surface area contributed by atoms with Gasteiger partial charge in [-0.2, -0.15) is 0 Å². The first kappa shape index (κ1) is 17.9. The van der Waals surface area contributed by atoms with Crippen LogP contribution in [0.25, 0.3) is 0 Å². The molecule has 2 N–H and O–H groups in total. The molecule has 2 rings (SSSR count). The van der Waals surface area contributed by atoms with E-state index in [-0.39, 0.29) is 22.9 Å². The summed E-state index contributed by atoms with van der Waals surface area (Å²) in [5.74, 6) is -0.129. The van der Waals surface area contributed by atoms with Gasteiger partial charge in [-0.3, -0.25) is 4.79 Å². The number of nitrogens with one attached hydrogen (secondary N) is 2. The molecule has 5 nitrogen and oxygen atoms in total. The number of amides is 1. The molecule has 1 aliphatic rings. The smallest absolute Gasteiger partial charge is 0.251 e. The predicted octanol–water partition coefficient (Wildman–Crippen LogP) is 2.83. The molecule has 0 radical (unpaired) electrons. The van der Waals surface area contributed by atoms with Gasteiger partial charge in [0.05, 0.1) is 4.90 Å². The standard InChI is InChI=1S/C17H26N2O3S/c1-3-13(2)19-23(21,22)16-11-9-14(10-12-16)17(20)18-15-7-5-4-6-8-15/h9-13,15,19H,3-8H2,1-2H3,(H,18,20). The van der Waals surface area contributed by atoms with Gasteiger partial charge in [-0.1, -0.05) is 26.2 Å². The van der Waals surface area contributed by atoms with Crippen LogP contribution in [0.5, 0.6) is 0 Å². The molecule has 1 unspecified atom stereocenters. The van der Waals surface area contributed by atoms with E-state index in [9.17, 15) is 13.2 Å². The van der Waals surface area contributed by atoms with Crippen molar-refractivity contribution in [2.75, 3.05) is 0 Å². The van der Waals surface area contributed by atoms with E-state index < -0.39 is 10.0 Å². The Kier molecular flexibility index (Phi) is 6.18. The van der Waals surface area contributed by atoms with Gasteiger partial charge in [0, 0.05) is 17.6 Å². The zero-order chi connectivity index (χ0) is 16.9. The summed E-state index contributed by atoms with van der Waals surface area (Å²) < 4.78 is 27.0. The minimum atomic E-state index is -3.52. The van der Waals surface area contributed by atoms with Gasteiger partial charge in [0.25, 0.3) is 5.91 Å². The third-order valence-electron chi connectivity index (χ3n) is 4.34. The van der Waals surface area contributed by atoms with Crippen LogP contribution in [0.4, 0.5) is 0 Å². The van der Waals surface area contributed by atoms with Crippen LogP contribution in [0.2, 0.25) is 0 Å². The first-order valence-electron chi connectivity index (χ1n) is 8.35. The van der Waals surface area contributed by atoms with Crippen LogP contribution in [0.15, 0.2) is 29.2 Å². The highest BCUT2D eigenvalue weighted by Gasteiger charge is 2.19. The number of sulfonamides is 1. The molecule has 1 saturated carbocycles. The Morgan fingerprint density at radius 1 is 1.17 bits per heavy atom.